The fraction of sp³-hybridized carbons (Fsp3) is 0.100. The minimum atomic E-state index is -4.40. The number of anilines is 3. The third-order valence-electron chi connectivity index (χ3n) is 4.11. The fourth-order valence-electron chi connectivity index (χ4n) is 2.65. The number of halogens is 4. The Morgan fingerprint density at radius 1 is 1.00 bits per heavy atom. The molecule has 4 rings (SSSR count). The largest absolute Gasteiger partial charge is 0.416 e. The Morgan fingerprint density at radius 2 is 1.78 bits per heavy atom. The number of pyridine rings is 2. The van der Waals surface area contributed by atoms with Crippen molar-refractivity contribution in [2.24, 2.45) is 0 Å². The van der Waals surface area contributed by atoms with Crippen molar-refractivity contribution in [2.75, 3.05) is 11.1 Å². The maximum absolute atomic E-state index is 12.7. The van der Waals surface area contributed by atoms with Crippen LogP contribution in [0.4, 0.5) is 30.7 Å². The lowest BCUT2D eigenvalue weighted by Gasteiger charge is -2.07. The van der Waals surface area contributed by atoms with Gasteiger partial charge in [-0.15, -0.1) is 29.3 Å². The molecule has 32 heavy (non-hydrogen) atoms. The third-order valence-corrected chi connectivity index (χ3v) is 5.19. The van der Waals surface area contributed by atoms with Gasteiger partial charge in [-0.2, -0.15) is 13.2 Å². The number of nitrogens with one attached hydrogen (secondary N) is 1. The molecule has 0 aliphatic heterocycles. The van der Waals surface area contributed by atoms with Crippen molar-refractivity contribution in [1.82, 2.24) is 20.2 Å². The quantitative estimate of drug-likeness (QED) is 0.344. The molecule has 4 aromatic rings. The van der Waals surface area contributed by atoms with Gasteiger partial charge >= 0.3 is 12.2 Å². The first-order valence-electron chi connectivity index (χ1n) is 8.95. The molecule has 7 nitrogen and oxygen atoms in total. The lowest BCUT2D eigenvalue weighted by Crippen LogP contribution is -2.04. The second kappa shape index (κ2) is 9.88. The van der Waals surface area contributed by atoms with Gasteiger partial charge in [0.05, 0.1) is 11.1 Å². The monoisotopic (exact) mass is 480 g/mol. The van der Waals surface area contributed by atoms with E-state index in [-0.39, 0.29) is 24.3 Å². The average molecular weight is 481 g/mol. The minimum absolute atomic E-state index is 0. The van der Waals surface area contributed by atoms with Crippen LogP contribution in [0.25, 0.3) is 11.5 Å². The van der Waals surface area contributed by atoms with Gasteiger partial charge in [0.2, 0.25) is 0 Å². The van der Waals surface area contributed by atoms with Crippen LogP contribution in [0.5, 0.6) is 0 Å². The number of hydrogen-bond donors (Lipinski definition) is 2. The molecular weight excluding hydrogens is 465 g/mol. The lowest BCUT2D eigenvalue weighted by atomic mass is 10.2. The zero-order chi connectivity index (χ0) is 21.8. The van der Waals surface area contributed by atoms with Crippen LogP contribution >= 0.6 is 24.2 Å². The highest BCUT2D eigenvalue weighted by Crippen LogP contribution is 2.33. The molecule has 3 N–H and O–H groups in total. The maximum atomic E-state index is 12.7. The number of nitrogens with two attached hydrogens (primary N) is 1. The Bertz CT molecular complexity index is 1190. The van der Waals surface area contributed by atoms with Crippen LogP contribution in [0, 0.1) is 0 Å². The zero-order valence-corrected chi connectivity index (χ0v) is 17.8. The van der Waals surface area contributed by atoms with Crippen molar-refractivity contribution in [3.8, 4) is 11.5 Å². The molecule has 0 fully saturated rings. The first-order chi connectivity index (χ1) is 14.9. The van der Waals surface area contributed by atoms with Gasteiger partial charge in [-0.1, -0.05) is 5.10 Å². The summed E-state index contributed by atoms with van der Waals surface area (Å²) in [5.41, 5.74) is 6.99. The maximum Gasteiger partial charge on any atom is 0.416 e. The van der Waals surface area contributed by atoms with Crippen molar-refractivity contribution in [2.45, 2.75) is 17.0 Å². The summed E-state index contributed by atoms with van der Waals surface area (Å²) in [7, 11) is 0. The number of rotatable bonds is 6. The highest BCUT2D eigenvalue weighted by Gasteiger charge is 2.30. The second-order valence-electron chi connectivity index (χ2n) is 6.35. The average Bonchev–Trinajstić information content (AvgIpc) is 3.20. The van der Waals surface area contributed by atoms with E-state index < -0.39 is 11.7 Å². The van der Waals surface area contributed by atoms with Crippen molar-refractivity contribution in [1.29, 1.82) is 0 Å². The molecule has 0 aliphatic rings. The van der Waals surface area contributed by atoms with Gasteiger partial charge < -0.3 is 15.5 Å². The molecule has 0 unspecified atom stereocenters. The molecule has 0 amide bonds. The highest BCUT2D eigenvalue weighted by molar-refractivity contribution is 7.98. The Hall–Kier alpha value is -3.31. The molecule has 0 bridgehead atoms. The molecule has 0 saturated heterocycles. The van der Waals surface area contributed by atoms with Gasteiger partial charge in [-0.25, -0.2) is 9.97 Å². The topological polar surface area (TPSA) is 103 Å². The summed E-state index contributed by atoms with van der Waals surface area (Å²) in [5.74, 6) is 1.29. The van der Waals surface area contributed by atoms with E-state index >= 15 is 0 Å². The van der Waals surface area contributed by atoms with Crippen LogP contribution in [0.3, 0.4) is 0 Å². The SMILES string of the molecule is Cl.Nc1cc(CSc2ncccc2-c2nnc(Nc3ccc(C(F)(F)F)cc3)o2)ccn1. The van der Waals surface area contributed by atoms with Crippen LogP contribution in [0.2, 0.25) is 0 Å². The first-order valence-corrected chi connectivity index (χ1v) is 9.93. The fourth-order valence-corrected chi connectivity index (χ4v) is 3.58. The van der Waals surface area contributed by atoms with Crippen molar-refractivity contribution in [3.05, 3.63) is 72.1 Å². The van der Waals surface area contributed by atoms with E-state index in [2.05, 4.69) is 25.5 Å². The van der Waals surface area contributed by atoms with E-state index in [0.717, 1.165) is 17.7 Å². The number of alkyl halides is 3. The molecule has 166 valence electrons. The van der Waals surface area contributed by atoms with E-state index in [0.29, 0.717) is 27.8 Å². The van der Waals surface area contributed by atoms with E-state index in [1.54, 1.807) is 30.6 Å². The van der Waals surface area contributed by atoms with E-state index in [1.807, 2.05) is 6.07 Å². The van der Waals surface area contributed by atoms with Crippen LogP contribution in [0.1, 0.15) is 11.1 Å². The van der Waals surface area contributed by atoms with Crippen molar-refractivity contribution < 1.29 is 17.6 Å². The third kappa shape index (κ3) is 5.68. The summed E-state index contributed by atoms with van der Waals surface area (Å²) in [5, 5.41) is 11.4. The summed E-state index contributed by atoms with van der Waals surface area (Å²) < 4.78 is 43.7. The molecule has 0 radical (unpaired) electrons. The smallest absolute Gasteiger partial charge is 0.403 e. The molecule has 1 aromatic carbocycles. The normalized spacial score (nSPS) is 11.1. The van der Waals surface area contributed by atoms with Crippen LogP contribution in [0.15, 0.2) is 70.4 Å². The standard InChI is InChI=1S/C20H15F3N6OS.ClH/c21-20(22,23)13-3-5-14(6-4-13)27-19-29-28-17(30-19)15-2-1-8-26-18(15)31-11-12-7-9-25-16(24)10-12;/h1-10H,11H2,(H2,24,25)(H,27,29);1H. The molecule has 0 saturated carbocycles. The molecule has 3 aromatic heterocycles. The Balaban J connectivity index is 0.00000289. The van der Waals surface area contributed by atoms with Crippen molar-refractivity contribution in [3.63, 3.8) is 0 Å². The molecule has 0 spiro atoms. The van der Waals surface area contributed by atoms with E-state index in [1.165, 1.54) is 23.9 Å². The van der Waals surface area contributed by atoms with Gasteiger partial charge in [-0.3, -0.25) is 0 Å². The summed E-state index contributed by atoms with van der Waals surface area (Å²) in [6.07, 6.45) is -1.10. The molecular formula is C20H16ClF3N6OS. The molecule has 0 aliphatic carbocycles. The van der Waals surface area contributed by atoms with E-state index in [4.69, 9.17) is 10.2 Å². The summed E-state index contributed by atoms with van der Waals surface area (Å²) >= 11 is 1.47. The summed E-state index contributed by atoms with van der Waals surface area (Å²) in [6.45, 7) is 0. The second-order valence-corrected chi connectivity index (χ2v) is 7.31. The summed E-state index contributed by atoms with van der Waals surface area (Å²) in [6, 6.07) is 11.8. The number of aromatic nitrogens is 4. The number of nitrogen functional groups attached to an aromatic ring is 1. The molecule has 0 atom stereocenters. The van der Waals surface area contributed by atoms with Gasteiger partial charge in [0.25, 0.3) is 5.89 Å². The molecule has 12 heteroatoms. The van der Waals surface area contributed by atoms with Crippen LogP contribution in [-0.4, -0.2) is 20.2 Å². The zero-order valence-electron chi connectivity index (χ0n) is 16.2. The first kappa shape index (κ1) is 23.4. The Morgan fingerprint density at radius 3 is 2.50 bits per heavy atom. The summed E-state index contributed by atoms with van der Waals surface area (Å²) in [4.78, 5) is 8.35. The minimum Gasteiger partial charge on any atom is -0.403 e. The predicted octanol–water partition coefficient (Wildman–Crippen LogP) is 5.59. The Kier molecular flexibility index (Phi) is 7.21. The number of nitrogens with zero attached hydrogens (tertiary/aromatic N) is 4. The van der Waals surface area contributed by atoms with Gasteiger partial charge in [0, 0.05) is 23.8 Å². The van der Waals surface area contributed by atoms with Crippen LogP contribution < -0.4 is 11.1 Å². The molecule has 3 heterocycles. The number of hydrogen-bond acceptors (Lipinski definition) is 8. The van der Waals surface area contributed by atoms with Crippen molar-refractivity contribution >= 4 is 41.7 Å². The van der Waals surface area contributed by atoms with Gasteiger partial charge in [0.15, 0.2) is 0 Å². The number of thioether (sulfide) groups is 1. The number of benzene rings is 1. The highest BCUT2D eigenvalue weighted by atomic mass is 35.5. The Labute approximate surface area is 191 Å². The van der Waals surface area contributed by atoms with Gasteiger partial charge in [0.1, 0.15) is 10.8 Å². The lowest BCUT2D eigenvalue weighted by molar-refractivity contribution is -0.137. The van der Waals surface area contributed by atoms with Gasteiger partial charge in [-0.05, 0) is 54.1 Å². The van der Waals surface area contributed by atoms with Crippen LogP contribution in [-0.2, 0) is 11.9 Å². The predicted molar refractivity (Wildman–Crippen MR) is 118 cm³/mol. The van der Waals surface area contributed by atoms with E-state index in [9.17, 15) is 13.2 Å².